The summed E-state index contributed by atoms with van der Waals surface area (Å²) in [5.41, 5.74) is 3.24. The molecular formula is C22H36. The normalized spacial score (nSPS) is 63.5. The second kappa shape index (κ2) is 3.80. The lowest BCUT2D eigenvalue weighted by atomic mass is 9.85. The zero-order valence-corrected chi connectivity index (χ0v) is 15.5. The molecule has 5 aliphatic carbocycles. The van der Waals surface area contributed by atoms with E-state index in [0.29, 0.717) is 5.41 Å². The summed E-state index contributed by atoms with van der Waals surface area (Å²) in [6.07, 6.45) is 12.4. The molecule has 0 nitrogen and oxygen atoms in total. The Balaban J connectivity index is 1.20. The van der Waals surface area contributed by atoms with Gasteiger partial charge >= 0.3 is 0 Å². The molecule has 5 fully saturated rings. The summed E-state index contributed by atoms with van der Waals surface area (Å²) in [5, 5.41) is 0. The van der Waals surface area contributed by atoms with Gasteiger partial charge in [-0.15, -0.1) is 0 Å². The number of fused-ring (bicyclic) bond motifs is 1. The quantitative estimate of drug-likeness (QED) is 0.540. The Bertz CT molecular complexity index is 520. The third-order valence-electron chi connectivity index (χ3n) is 9.69. The van der Waals surface area contributed by atoms with E-state index >= 15 is 0 Å². The van der Waals surface area contributed by atoms with E-state index in [9.17, 15) is 0 Å². The Morgan fingerprint density at radius 2 is 1.77 bits per heavy atom. The minimum absolute atomic E-state index is 0.705. The molecule has 8 atom stereocenters. The zero-order chi connectivity index (χ0) is 15.5. The lowest BCUT2D eigenvalue weighted by Gasteiger charge is -2.20. The van der Waals surface area contributed by atoms with Crippen molar-refractivity contribution in [1.29, 1.82) is 0 Å². The molecule has 0 heteroatoms. The van der Waals surface area contributed by atoms with Crippen LogP contribution in [-0.4, -0.2) is 0 Å². The van der Waals surface area contributed by atoms with Gasteiger partial charge in [0.25, 0.3) is 0 Å². The van der Waals surface area contributed by atoms with Gasteiger partial charge in [0.05, 0.1) is 0 Å². The van der Waals surface area contributed by atoms with E-state index in [4.69, 9.17) is 0 Å². The summed E-state index contributed by atoms with van der Waals surface area (Å²) in [6, 6.07) is 0. The molecule has 5 aliphatic rings. The molecule has 8 unspecified atom stereocenters. The molecule has 0 aromatic rings. The molecule has 0 aromatic carbocycles. The van der Waals surface area contributed by atoms with Crippen LogP contribution in [0.1, 0.15) is 86.0 Å². The molecule has 0 bridgehead atoms. The maximum Gasteiger partial charge on any atom is -0.0195 e. The molecule has 22 heavy (non-hydrogen) atoms. The minimum atomic E-state index is 0.705. The largest absolute Gasteiger partial charge is 0.0628 e. The summed E-state index contributed by atoms with van der Waals surface area (Å²) < 4.78 is 0. The van der Waals surface area contributed by atoms with Gasteiger partial charge in [0.2, 0.25) is 0 Å². The molecule has 0 saturated heterocycles. The highest BCUT2D eigenvalue weighted by atomic mass is 15.0. The SMILES string of the molecule is CC(C)CCCC1(C)CC1(C)C1CC12CC21CC1C1CC1C. The molecule has 2 spiro atoms. The molecule has 0 heterocycles. The molecule has 0 aromatic heterocycles. The summed E-state index contributed by atoms with van der Waals surface area (Å²) in [4.78, 5) is 0. The first-order valence-corrected chi connectivity index (χ1v) is 10.3. The van der Waals surface area contributed by atoms with Crippen molar-refractivity contribution in [2.45, 2.75) is 86.0 Å². The standard InChI is InChI=1S/C22H36/c1-14(2)7-6-8-19(4)12-20(19,5)18-11-22(18)13-21(22)10-17(21)16-9-15(16)3/h14-18H,6-13H2,1-5H3. The second-order valence-corrected chi connectivity index (χ2v) is 11.4. The van der Waals surface area contributed by atoms with E-state index in [1.54, 1.807) is 32.1 Å². The minimum Gasteiger partial charge on any atom is -0.0628 e. The van der Waals surface area contributed by atoms with Crippen molar-refractivity contribution in [3.05, 3.63) is 0 Å². The average molecular weight is 301 g/mol. The maximum atomic E-state index is 2.67. The van der Waals surface area contributed by atoms with Crippen LogP contribution < -0.4 is 0 Å². The summed E-state index contributed by atoms with van der Waals surface area (Å²) >= 11 is 0. The van der Waals surface area contributed by atoms with Gasteiger partial charge in [0.15, 0.2) is 0 Å². The maximum absolute atomic E-state index is 2.67. The van der Waals surface area contributed by atoms with E-state index in [1.165, 1.54) is 25.2 Å². The van der Waals surface area contributed by atoms with Gasteiger partial charge < -0.3 is 0 Å². The van der Waals surface area contributed by atoms with E-state index in [1.807, 2.05) is 0 Å². The van der Waals surface area contributed by atoms with Crippen LogP contribution in [0.15, 0.2) is 0 Å². The Morgan fingerprint density at radius 1 is 1.05 bits per heavy atom. The molecule has 0 N–H and O–H groups in total. The van der Waals surface area contributed by atoms with Gasteiger partial charge in [0.1, 0.15) is 0 Å². The number of hydrogen-bond donors (Lipinski definition) is 0. The van der Waals surface area contributed by atoms with Gasteiger partial charge in [0, 0.05) is 0 Å². The highest BCUT2D eigenvalue weighted by molar-refractivity contribution is 5.41. The van der Waals surface area contributed by atoms with Gasteiger partial charge in [-0.2, -0.15) is 0 Å². The van der Waals surface area contributed by atoms with Crippen molar-refractivity contribution >= 4 is 0 Å². The Kier molecular flexibility index (Phi) is 2.48. The van der Waals surface area contributed by atoms with Crippen LogP contribution in [0.4, 0.5) is 0 Å². The van der Waals surface area contributed by atoms with Gasteiger partial charge in [-0.1, -0.05) is 47.5 Å². The lowest BCUT2D eigenvalue weighted by Crippen LogP contribution is -2.12. The summed E-state index contributed by atoms with van der Waals surface area (Å²) in [5.74, 6) is 5.44. The lowest BCUT2D eigenvalue weighted by molar-refractivity contribution is 0.291. The third-order valence-corrected chi connectivity index (χ3v) is 9.69. The molecule has 0 amide bonds. The van der Waals surface area contributed by atoms with Crippen LogP contribution in [0.5, 0.6) is 0 Å². The number of hydrogen-bond acceptors (Lipinski definition) is 0. The monoisotopic (exact) mass is 300 g/mol. The predicted molar refractivity (Wildman–Crippen MR) is 92.5 cm³/mol. The number of rotatable bonds is 6. The first kappa shape index (κ1) is 14.4. The molecule has 0 radical (unpaired) electrons. The average Bonchev–Trinajstić information content (AvgIpc) is 3.20. The fourth-order valence-electron chi connectivity index (χ4n) is 7.57. The van der Waals surface area contributed by atoms with E-state index < -0.39 is 0 Å². The van der Waals surface area contributed by atoms with Crippen molar-refractivity contribution in [3.8, 4) is 0 Å². The van der Waals surface area contributed by atoms with Crippen molar-refractivity contribution in [2.24, 2.45) is 51.2 Å². The Morgan fingerprint density at radius 3 is 2.41 bits per heavy atom. The van der Waals surface area contributed by atoms with Crippen LogP contribution in [-0.2, 0) is 0 Å². The molecule has 5 saturated carbocycles. The highest BCUT2D eigenvalue weighted by Crippen LogP contribution is 2.99. The Labute approximate surface area is 137 Å². The zero-order valence-electron chi connectivity index (χ0n) is 15.5. The van der Waals surface area contributed by atoms with E-state index in [2.05, 4.69) is 34.6 Å². The highest BCUT2D eigenvalue weighted by Gasteiger charge is 2.92. The van der Waals surface area contributed by atoms with Crippen LogP contribution in [0.2, 0.25) is 0 Å². The van der Waals surface area contributed by atoms with Crippen LogP contribution in [0, 0.1) is 51.2 Å². The fourth-order valence-corrected chi connectivity index (χ4v) is 7.57. The van der Waals surface area contributed by atoms with Crippen molar-refractivity contribution in [3.63, 3.8) is 0 Å². The van der Waals surface area contributed by atoms with Crippen LogP contribution >= 0.6 is 0 Å². The topological polar surface area (TPSA) is 0 Å². The van der Waals surface area contributed by atoms with Crippen molar-refractivity contribution in [1.82, 2.24) is 0 Å². The van der Waals surface area contributed by atoms with E-state index in [0.717, 1.165) is 39.9 Å². The van der Waals surface area contributed by atoms with Gasteiger partial charge in [-0.05, 0) is 89.8 Å². The fraction of sp³-hybridized carbons (Fsp3) is 1.00. The molecule has 0 aliphatic heterocycles. The van der Waals surface area contributed by atoms with Gasteiger partial charge in [-0.3, -0.25) is 0 Å². The molecular weight excluding hydrogens is 264 g/mol. The molecule has 5 rings (SSSR count). The van der Waals surface area contributed by atoms with Crippen molar-refractivity contribution < 1.29 is 0 Å². The Hall–Kier alpha value is 0. The smallest absolute Gasteiger partial charge is 0.0195 e. The molecule has 124 valence electrons. The summed E-state index contributed by atoms with van der Waals surface area (Å²) in [7, 11) is 0. The van der Waals surface area contributed by atoms with Crippen LogP contribution in [0.3, 0.4) is 0 Å². The van der Waals surface area contributed by atoms with Crippen LogP contribution in [0.25, 0.3) is 0 Å². The second-order valence-electron chi connectivity index (χ2n) is 11.4. The summed E-state index contributed by atoms with van der Waals surface area (Å²) in [6.45, 7) is 12.5. The predicted octanol–water partition coefficient (Wildman–Crippen LogP) is 6.30. The van der Waals surface area contributed by atoms with Crippen molar-refractivity contribution in [2.75, 3.05) is 0 Å². The first-order valence-electron chi connectivity index (χ1n) is 10.3. The van der Waals surface area contributed by atoms with E-state index in [-0.39, 0.29) is 0 Å². The van der Waals surface area contributed by atoms with Gasteiger partial charge in [-0.25, -0.2) is 0 Å². The third kappa shape index (κ3) is 1.61. The first-order chi connectivity index (χ1) is 10.3.